The van der Waals surface area contributed by atoms with Crippen LogP contribution in [0.25, 0.3) is 0 Å². The minimum atomic E-state index is -0.187. The van der Waals surface area contributed by atoms with E-state index in [0.717, 1.165) is 38.0 Å². The van der Waals surface area contributed by atoms with Gasteiger partial charge >= 0.3 is 0 Å². The maximum atomic E-state index is 12.6. The van der Waals surface area contributed by atoms with Crippen molar-refractivity contribution in [2.75, 3.05) is 37.7 Å². The number of hydrogen-bond donors (Lipinski definition) is 1. The molecule has 0 fully saturated rings. The molecular weight excluding hydrogens is 366 g/mol. The summed E-state index contributed by atoms with van der Waals surface area (Å²) < 4.78 is 5.57. The van der Waals surface area contributed by atoms with Gasteiger partial charge in [-0.15, -0.1) is 0 Å². The van der Waals surface area contributed by atoms with Crippen LogP contribution < -0.4 is 15.0 Å². The number of nitrogens with one attached hydrogen (secondary N) is 1. The second-order valence-corrected chi connectivity index (χ2v) is 8.84. The van der Waals surface area contributed by atoms with Gasteiger partial charge < -0.3 is 15.0 Å². The molecule has 0 aromatic heterocycles. The minimum absolute atomic E-state index is 0.0170. The summed E-state index contributed by atoms with van der Waals surface area (Å²) in [5.74, 6) is 0.327. The molecule has 29 heavy (non-hydrogen) atoms. The summed E-state index contributed by atoms with van der Waals surface area (Å²) in [5, 5.41) is 3.04. The van der Waals surface area contributed by atoms with Crippen molar-refractivity contribution >= 4 is 17.5 Å². The van der Waals surface area contributed by atoms with Crippen molar-refractivity contribution in [1.82, 2.24) is 10.2 Å². The Bertz CT molecular complexity index is 708. The zero-order valence-electron chi connectivity index (χ0n) is 18.9. The molecule has 162 valence electrons. The number of ether oxygens (including phenoxy) is 1. The van der Waals surface area contributed by atoms with Crippen molar-refractivity contribution in [3.63, 3.8) is 0 Å². The molecule has 6 nitrogen and oxygen atoms in total. The molecule has 0 aliphatic carbocycles. The number of nitrogens with zero attached hydrogens (tertiary/aromatic N) is 2. The number of benzene rings is 1. The molecule has 1 N–H and O–H groups in total. The van der Waals surface area contributed by atoms with E-state index in [1.54, 1.807) is 4.90 Å². The highest BCUT2D eigenvalue weighted by Crippen LogP contribution is 2.36. The molecule has 1 aliphatic heterocycles. The van der Waals surface area contributed by atoms with Crippen molar-refractivity contribution in [2.45, 2.75) is 65.8 Å². The van der Waals surface area contributed by atoms with Gasteiger partial charge in [-0.2, -0.15) is 0 Å². The van der Waals surface area contributed by atoms with E-state index in [4.69, 9.17) is 4.74 Å². The van der Waals surface area contributed by atoms with Crippen molar-refractivity contribution in [2.24, 2.45) is 0 Å². The topological polar surface area (TPSA) is 61.9 Å². The van der Waals surface area contributed by atoms with Gasteiger partial charge in [-0.1, -0.05) is 40.7 Å². The molecule has 0 bridgehead atoms. The number of carbonyl (C=O) groups is 2. The van der Waals surface area contributed by atoms with Gasteiger partial charge in [0.25, 0.3) is 5.91 Å². The molecule has 0 radical (unpaired) electrons. The van der Waals surface area contributed by atoms with Gasteiger partial charge in [0.1, 0.15) is 12.3 Å². The van der Waals surface area contributed by atoms with E-state index < -0.39 is 0 Å². The van der Waals surface area contributed by atoms with Crippen molar-refractivity contribution in [1.29, 1.82) is 0 Å². The Kier molecular flexibility index (Phi) is 8.08. The molecule has 2 amide bonds. The molecule has 0 unspecified atom stereocenters. The highest BCUT2D eigenvalue weighted by atomic mass is 16.5. The number of carbonyl (C=O) groups excluding carboxylic acids is 2. The predicted octanol–water partition coefficient (Wildman–Crippen LogP) is 3.34. The number of anilines is 1. The van der Waals surface area contributed by atoms with E-state index in [9.17, 15) is 9.59 Å². The van der Waals surface area contributed by atoms with E-state index in [2.05, 4.69) is 44.8 Å². The molecule has 6 heteroatoms. The lowest BCUT2D eigenvalue weighted by Gasteiger charge is -2.31. The van der Waals surface area contributed by atoms with E-state index in [1.165, 1.54) is 0 Å². The van der Waals surface area contributed by atoms with Gasteiger partial charge in [0.15, 0.2) is 6.61 Å². The second kappa shape index (κ2) is 10.1. The third-order valence-electron chi connectivity index (χ3n) is 5.48. The van der Waals surface area contributed by atoms with Gasteiger partial charge in [-0.3, -0.25) is 14.5 Å². The maximum Gasteiger partial charge on any atom is 0.265 e. The zero-order valence-corrected chi connectivity index (χ0v) is 18.9. The maximum absolute atomic E-state index is 12.6. The van der Waals surface area contributed by atoms with Gasteiger partial charge in [-0.05, 0) is 62.5 Å². The highest BCUT2D eigenvalue weighted by Gasteiger charge is 2.29. The van der Waals surface area contributed by atoms with E-state index in [-0.39, 0.29) is 36.4 Å². The Labute approximate surface area is 175 Å². The number of rotatable bonds is 9. The summed E-state index contributed by atoms with van der Waals surface area (Å²) in [6.07, 6.45) is 1.96. The smallest absolute Gasteiger partial charge is 0.265 e. The van der Waals surface area contributed by atoms with Crippen LogP contribution in [0.4, 0.5) is 5.69 Å². The summed E-state index contributed by atoms with van der Waals surface area (Å²) in [7, 11) is 0. The third-order valence-corrected chi connectivity index (χ3v) is 5.48. The van der Waals surface area contributed by atoms with Crippen LogP contribution in [0.1, 0.15) is 59.9 Å². The Morgan fingerprint density at radius 3 is 2.59 bits per heavy atom. The van der Waals surface area contributed by atoms with E-state index >= 15 is 0 Å². The monoisotopic (exact) mass is 403 g/mol. The van der Waals surface area contributed by atoms with Crippen LogP contribution in [0.15, 0.2) is 18.2 Å². The first-order chi connectivity index (χ1) is 13.7. The lowest BCUT2D eigenvalue weighted by atomic mass is 9.86. The van der Waals surface area contributed by atoms with Crippen molar-refractivity contribution < 1.29 is 14.3 Å². The van der Waals surface area contributed by atoms with Gasteiger partial charge in [-0.25, -0.2) is 0 Å². The first kappa shape index (κ1) is 23.2. The molecule has 0 saturated carbocycles. The van der Waals surface area contributed by atoms with Crippen LogP contribution in [0.3, 0.4) is 0 Å². The lowest BCUT2D eigenvalue weighted by Crippen LogP contribution is -2.47. The summed E-state index contributed by atoms with van der Waals surface area (Å²) in [6.45, 7) is 15.8. The largest absolute Gasteiger partial charge is 0.482 e. The van der Waals surface area contributed by atoms with Crippen molar-refractivity contribution in [3.05, 3.63) is 23.8 Å². The molecule has 0 saturated heterocycles. The summed E-state index contributed by atoms with van der Waals surface area (Å²) >= 11 is 0. The number of amides is 2. The van der Waals surface area contributed by atoms with Crippen LogP contribution in [-0.4, -0.2) is 55.5 Å². The average Bonchev–Trinajstić information content (AvgIpc) is 2.66. The fourth-order valence-electron chi connectivity index (χ4n) is 3.54. The molecular formula is C23H37N3O3. The molecule has 1 aliphatic rings. The fourth-order valence-corrected chi connectivity index (χ4v) is 3.54. The highest BCUT2D eigenvalue weighted by molar-refractivity contribution is 6.02. The molecule has 1 aromatic carbocycles. The predicted molar refractivity (Wildman–Crippen MR) is 118 cm³/mol. The molecule has 0 spiro atoms. The fraction of sp³-hybridized carbons (Fsp3) is 0.652. The molecule has 2 rings (SSSR count). The second-order valence-electron chi connectivity index (χ2n) is 8.84. The summed E-state index contributed by atoms with van der Waals surface area (Å²) in [6, 6.07) is 5.95. The van der Waals surface area contributed by atoms with Crippen LogP contribution in [-0.2, 0) is 15.0 Å². The van der Waals surface area contributed by atoms with Crippen LogP contribution in [0.5, 0.6) is 5.75 Å². The van der Waals surface area contributed by atoms with E-state index in [1.807, 2.05) is 25.1 Å². The van der Waals surface area contributed by atoms with Crippen molar-refractivity contribution in [3.8, 4) is 5.75 Å². The van der Waals surface area contributed by atoms with Crippen LogP contribution >= 0.6 is 0 Å². The molecule has 1 aromatic rings. The Balaban J connectivity index is 1.99. The zero-order chi connectivity index (χ0) is 21.6. The molecule has 1 heterocycles. The Morgan fingerprint density at radius 1 is 1.28 bits per heavy atom. The van der Waals surface area contributed by atoms with Gasteiger partial charge in [0.05, 0.1) is 5.69 Å². The average molecular weight is 404 g/mol. The van der Waals surface area contributed by atoms with Gasteiger partial charge in [0.2, 0.25) is 5.91 Å². The Morgan fingerprint density at radius 2 is 1.97 bits per heavy atom. The molecule has 1 atom stereocenters. The quantitative estimate of drug-likeness (QED) is 0.687. The SMILES string of the molecule is CCN(CC)CCC[C@@H](C)NC(=O)CN1C(=O)COc2ccc(C(C)(C)C)cc21. The van der Waals surface area contributed by atoms with Crippen LogP contribution in [0.2, 0.25) is 0 Å². The number of fused-ring (bicyclic) bond motifs is 1. The summed E-state index contributed by atoms with van der Waals surface area (Å²) in [4.78, 5) is 29.0. The standard InChI is InChI=1S/C23H37N3O3/c1-7-25(8-2)13-9-10-17(3)24-21(27)15-26-19-14-18(23(4,5)6)11-12-20(19)29-16-22(26)28/h11-12,14,17H,7-10,13,15-16H2,1-6H3,(H,24,27)/t17-/m1/s1. The summed E-state index contributed by atoms with van der Waals surface area (Å²) in [5.41, 5.74) is 1.73. The third kappa shape index (κ3) is 6.46. The Hall–Kier alpha value is -2.08. The first-order valence-corrected chi connectivity index (χ1v) is 10.7. The first-order valence-electron chi connectivity index (χ1n) is 10.7. The van der Waals surface area contributed by atoms with Gasteiger partial charge in [0, 0.05) is 6.04 Å². The number of hydrogen-bond acceptors (Lipinski definition) is 4. The minimum Gasteiger partial charge on any atom is -0.482 e. The van der Waals surface area contributed by atoms with Crippen LogP contribution in [0, 0.1) is 0 Å². The normalized spacial score (nSPS) is 15.1. The lowest BCUT2D eigenvalue weighted by molar-refractivity contribution is -0.125. The van der Waals surface area contributed by atoms with E-state index in [0.29, 0.717) is 11.4 Å².